The summed E-state index contributed by atoms with van der Waals surface area (Å²) >= 11 is 0. The molecule has 0 aliphatic rings. The number of alkyl halides is 3. The van der Waals surface area contributed by atoms with Gasteiger partial charge >= 0.3 is 6.18 Å². The van der Waals surface area contributed by atoms with Gasteiger partial charge in [0.25, 0.3) is 0 Å². The zero-order valence-corrected chi connectivity index (χ0v) is 18.2. The summed E-state index contributed by atoms with van der Waals surface area (Å²) < 4.78 is 44.1. The lowest BCUT2D eigenvalue weighted by Crippen LogP contribution is -2.30. The lowest BCUT2D eigenvalue weighted by atomic mass is 10.1. The second-order valence-electron chi connectivity index (χ2n) is 7.81. The predicted molar refractivity (Wildman–Crippen MR) is 120 cm³/mol. The van der Waals surface area contributed by atoms with Crippen molar-refractivity contribution < 1.29 is 22.5 Å². The van der Waals surface area contributed by atoms with E-state index in [1.54, 1.807) is 4.90 Å². The van der Waals surface area contributed by atoms with Gasteiger partial charge in [0.1, 0.15) is 0 Å². The maximum absolute atomic E-state index is 13.1. The summed E-state index contributed by atoms with van der Waals surface area (Å²) in [5, 5.41) is 3.79. The van der Waals surface area contributed by atoms with Crippen LogP contribution in [0.4, 0.5) is 13.2 Å². The summed E-state index contributed by atoms with van der Waals surface area (Å²) in [6.45, 7) is 0.905. The number of carbonyl (C=O) groups excluding carboxylic acids is 1. The summed E-state index contributed by atoms with van der Waals surface area (Å²) in [6.07, 6.45) is -4.15. The third kappa shape index (κ3) is 6.10. The molecule has 5 nitrogen and oxygen atoms in total. The molecule has 3 aromatic carbocycles. The van der Waals surface area contributed by atoms with Gasteiger partial charge in [0.05, 0.1) is 5.56 Å². The number of rotatable bonds is 8. The van der Waals surface area contributed by atoms with Crippen molar-refractivity contribution in [2.45, 2.75) is 32.1 Å². The average Bonchev–Trinajstić information content (AvgIpc) is 3.32. The topological polar surface area (TPSA) is 59.2 Å². The lowest BCUT2D eigenvalue weighted by Gasteiger charge is -2.23. The zero-order valence-electron chi connectivity index (χ0n) is 18.2. The maximum atomic E-state index is 13.1. The number of nitrogens with zero attached hydrogens (tertiary/aromatic N) is 3. The molecule has 0 fully saturated rings. The Kier molecular flexibility index (Phi) is 7.06. The number of carbonyl (C=O) groups is 1. The summed E-state index contributed by atoms with van der Waals surface area (Å²) in [5.41, 5.74) is 1.43. The van der Waals surface area contributed by atoms with Gasteiger partial charge in [-0.05, 0) is 23.3 Å². The highest BCUT2D eigenvalue weighted by Gasteiger charge is 2.30. The quantitative estimate of drug-likeness (QED) is 0.324. The minimum absolute atomic E-state index is 0.0546. The normalized spacial score (nSPS) is 11.4. The minimum atomic E-state index is -4.46. The monoisotopic (exact) mass is 465 g/mol. The zero-order chi connectivity index (χ0) is 24.0. The van der Waals surface area contributed by atoms with Crippen LogP contribution in [-0.4, -0.2) is 20.9 Å². The van der Waals surface area contributed by atoms with Crippen LogP contribution in [0.5, 0.6) is 0 Å². The molecule has 0 saturated carbocycles. The Morgan fingerprint density at radius 3 is 2.06 bits per heavy atom. The molecular formula is C26H22F3N3O2. The molecule has 0 atom stereocenters. The molecule has 8 heteroatoms. The molecular weight excluding hydrogens is 443 g/mol. The van der Waals surface area contributed by atoms with Crippen molar-refractivity contribution in [3.05, 3.63) is 108 Å². The molecule has 4 rings (SSSR count). The highest BCUT2D eigenvalue weighted by Crippen LogP contribution is 2.31. The van der Waals surface area contributed by atoms with Crippen LogP contribution in [0.1, 0.15) is 29.0 Å². The van der Waals surface area contributed by atoms with Crippen molar-refractivity contribution in [2.75, 3.05) is 0 Å². The van der Waals surface area contributed by atoms with E-state index in [1.165, 1.54) is 12.1 Å². The van der Waals surface area contributed by atoms with Gasteiger partial charge < -0.3 is 9.42 Å². The predicted octanol–water partition coefficient (Wildman–Crippen LogP) is 5.92. The summed E-state index contributed by atoms with van der Waals surface area (Å²) in [4.78, 5) is 19.0. The molecule has 0 saturated heterocycles. The van der Waals surface area contributed by atoms with Crippen LogP contribution in [0.3, 0.4) is 0 Å². The Morgan fingerprint density at radius 1 is 0.853 bits per heavy atom. The van der Waals surface area contributed by atoms with Crippen LogP contribution in [0.2, 0.25) is 0 Å². The number of benzene rings is 3. The number of hydrogen-bond acceptors (Lipinski definition) is 4. The second kappa shape index (κ2) is 10.3. The van der Waals surface area contributed by atoms with Crippen LogP contribution in [0.15, 0.2) is 89.5 Å². The van der Waals surface area contributed by atoms with Crippen molar-refractivity contribution in [1.82, 2.24) is 15.0 Å². The lowest BCUT2D eigenvalue weighted by molar-refractivity contribution is -0.137. The van der Waals surface area contributed by atoms with Crippen molar-refractivity contribution in [1.29, 1.82) is 0 Å². The van der Waals surface area contributed by atoms with E-state index in [0.29, 0.717) is 13.1 Å². The van der Waals surface area contributed by atoms with E-state index in [0.717, 1.165) is 23.3 Å². The molecule has 0 radical (unpaired) electrons. The molecule has 0 bridgehead atoms. The first-order chi connectivity index (χ1) is 16.4. The maximum Gasteiger partial charge on any atom is 0.416 e. The summed E-state index contributed by atoms with van der Waals surface area (Å²) in [6, 6.07) is 24.1. The molecule has 0 spiro atoms. The Bertz CT molecular complexity index is 1180. The Balaban J connectivity index is 1.44. The number of hydrogen-bond donors (Lipinski definition) is 0. The first kappa shape index (κ1) is 23.2. The molecule has 1 heterocycles. The highest BCUT2D eigenvalue weighted by atomic mass is 19.4. The smallest absolute Gasteiger partial charge is 0.339 e. The van der Waals surface area contributed by atoms with E-state index in [-0.39, 0.29) is 36.0 Å². The minimum Gasteiger partial charge on any atom is -0.339 e. The Labute approximate surface area is 194 Å². The SMILES string of the molecule is O=C(CCc1nc(-c2cccc(C(F)(F)F)c2)no1)N(Cc1ccccc1)Cc1ccccc1. The van der Waals surface area contributed by atoms with Gasteiger partial charge in [0.15, 0.2) is 0 Å². The number of aryl methyl sites for hydroxylation is 1. The van der Waals surface area contributed by atoms with Crippen LogP contribution >= 0.6 is 0 Å². The molecule has 174 valence electrons. The van der Waals surface area contributed by atoms with E-state index < -0.39 is 11.7 Å². The molecule has 34 heavy (non-hydrogen) atoms. The summed E-state index contributed by atoms with van der Waals surface area (Å²) in [5.74, 6) is 0.158. The first-order valence-corrected chi connectivity index (χ1v) is 10.7. The molecule has 4 aromatic rings. The third-order valence-corrected chi connectivity index (χ3v) is 5.25. The fourth-order valence-corrected chi connectivity index (χ4v) is 3.52. The largest absolute Gasteiger partial charge is 0.416 e. The molecule has 0 N–H and O–H groups in total. The van der Waals surface area contributed by atoms with Gasteiger partial charge in [-0.25, -0.2) is 0 Å². The van der Waals surface area contributed by atoms with Gasteiger partial charge in [0.2, 0.25) is 17.6 Å². The van der Waals surface area contributed by atoms with E-state index in [2.05, 4.69) is 10.1 Å². The van der Waals surface area contributed by atoms with Crippen LogP contribution in [0, 0.1) is 0 Å². The fourth-order valence-electron chi connectivity index (χ4n) is 3.52. The number of halogens is 3. The molecule has 1 amide bonds. The summed E-state index contributed by atoms with van der Waals surface area (Å²) in [7, 11) is 0. The average molecular weight is 465 g/mol. The van der Waals surface area contributed by atoms with Crippen molar-refractivity contribution >= 4 is 5.91 Å². The van der Waals surface area contributed by atoms with E-state index >= 15 is 0 Å². The number of amides is 1. The second-order valence-corrected chi connectivity index (χ2v) is 7.81. The molecule has 1 aromatic heterocycles. The fraction of sp³-hybridized carbons (Fsp3) is 0.192. The van der Waals surface area contributed by atoms with Gasteiger partial charge in [-0.2, -0.15) is 18.2 Å². The van der Waals surface area contributed by atoms with E-state index in [4.69, 9.17) is 4.52 Å². The first-order valence-electron chi connectivity index (χ1n) is 10.7. The van der Waals surface area contributed by atoms with Gasteiger partial charge in [-0.15, -0.1) is 0 Å². The Morgan fingerprint density at radius 2 is 1.47 bits per heavy atom. The molecule has 0 aliphatic heterocycles. The molecule has 0 aliphatic carbocycles. The van der Waals surface area contributed by atoms with Crippen LogP contribution < -0.4 is 0 Å². The van der Waals surface area contributed by atoms with Gasteiger partial charge in [-0.1, -0.05) is 78.0 Å². The van der Waals surface area contributed by atoms with Crippen LogP contribution in [-0.2, 0) is 30.5 Å². The van der Waals surface area contributed by atoms with Gasteiger partial charge in [-0.3, -0.25) is 4.79 Å². The highest BCUT2D eigenvalue weighted by molar-refractivity contribution is 5.76. The standard InChI is InChI=1S/C26H22F3N3O2/c27-26(28,29)22-13-7-12-21(16-22)25-30-23(34-31-25)14-15-24(33)32(17-19-8-3-1-4-9-19)18-20-10-5-2-6-11-20/h1-13,16H,14-15,17-18H2. The Hall–Kier alpha value is -3.94. The number of aromatic nitrogens is 2. The van der Waals surface area contributed by atoms with Crippen molar-refractivity contribution in [3.63, 3.8) is 0 Å². The molecule has 0 unspecified atom stereocenters. The van der Waals surface area contributed by atoms with Crippen molar-refractivity contribution in [3.8, 4) is 11.4 Å². The van der Waals surface area contributed by atoms with Gasteiger partial charge in [0, 0.05) is 31.5 Å². The van der Waals surface area contributed by atoms with Crippen molar-refractivity contribution in [2.24, 2.45) is 0 Å². The van der Waals surface area contributed by atoms with E-state index in [1.807, 2.05) is 60.7 Å². The van der Waals surface area contributed by atoms with E-state index in [9.17, 15) is 18.0 Å². The van der Waals surface area contributed by atoms with Crippen LogP contribution in [0.25, 0.3) is 11.4 Å². The third-order valence-electron chi connectivity index (χ3n) is 5.25.